The van der Waals surface area contributed by atoms with Crippen LogP contribution in [0, 0.1) is 0 Å². The minimum Gasteiger partial charge on any atom is -0.397 e. The zero-order chi connectivity index (χ0) is 15.4. The number of ether oxygens (including phenoxy) is 1. The number of alkyl halides is 2. The van der Waals surface area contributed by atoms with E-state index in [9.17, 15) is 8.78 Å². The van der Waals surface area contributed by atoms with Crippen LogP contribution in [0.5, 0.6) is 0 Å². The van der Waals surface area contributed by atoms with E-state index < -0.39 is 13.0 Å². The zero-order valence-electron chi connectivity index (χ0n) is 10.7. The van der Waals surface area contributed by atoms with Crippen LogP contribution in [0.25, 0.3) is 11.5 Å². The second-order valence-corrected chi connectivity index (χ2v) is 4.86. The molecule has 114 valence electrons. The molecule has 0 bridgehead atoms. The Kier molecular flexibility index (Phi) is 5.33. The van der Waals surface area contributed by atoms with Gasteiger partial charge in [0.2, 0.25) is 0 Å². The van der Waals surface area contributed by atoms with E-state index in [-0.39, 0.29) is 24.6 Å². The van der Waals surface area contributed by atoms with E-state index in [0.29, 0.717) is 21.4 Å². The number of halogens is 4. The molecule has 0 aliphatic heterocycles. The molecular formula is C12H11Cl2F2N3O2. The lowest BCUT2D eigenvalue weighted by Crippen LogP contribution is -2.07. The molecular weight excluding hydrogens is 327 g/mol. The highest BCUT2D eigenvalue weighted by molar-refractivity contribution is 6.37. The lowest BCUT2D eigenvalue weighted by atomic mass is 10.2. The highest BCUT2D eigenvalue weighted by atomic mass is 35.5. The predicted octanol–water partition coefficient (Wildman–Crippen LogP) is 3.45. The van der Waals surface area contributed by atoms with Crippen molar-refractivity contribution in [1.82, 2.24) is 10.1 Å². The largest absolute Gasteiger partial charge is 0.397 e. The Morgan fingerprint density at radius 3 is 2.71 bits per heavy atom. The summed E-state index contributed by atoms with van der Waals surface area (Å²) < 4.78 is 33.6. The van der Waals surface area contributed by atoms with Gasteiger partial charge in [-0.3, -0.25) is 0 Å². The molecule has 2 aromatic rings. The molecule has 5 nitrogen and oxygen atoms in total. The van der Waals surface area contributed by atoms with E-state index >= 15 is 0 Å². The molecule has 0 saturated heterocycles. The lowest BCUT2D eigenvalue weighted by Gasteiger charge is -2.04. The van der Waals surface area contributed by atoms with Crippen LogP contribution in [0.1, 0.15) is 5.82 Å². The molecule has 0 saturated carbocycles. The van der Waals surface area contributed by atoms with Crippen molar-refractivity contribution in [2.75, 3.05) is 18.9 Å². The molecule has 1 aromatic carbocycles. The summed E-state index contributed by atoms with van der Waals surface area (Å²) in [5.41, 5.74) is 6.40. The van der Waals surface area contributed by atoms with Crippen LogP contribution in [0.15, 0.2) is 16.7 Å². The van der Waals surface area contributed by atoms with E-state index in [1.165, 1.54) is 0 Å². The third-order valence-corrected chi connectivity index (χ3v) is 3.18. The Hall–Kier alpha value is -1.44. The molecule has 0 amide bonds. The standard InChI is InChI=1S/C12H11Cl2F2N3O2/c13-6-1-2-7(14)11(17)10(6)12-18-9(19-21-12)3-4-20-5-8(15)16/h1-2,8H,3-5,17H2. The van der Waals surface area contributed by atoms with Gasteiger partial charge < -0.3 is 15.0 Å². The van der Waals surface area contributed by atoms with Crippen molar-refractivity contribution in [2.45, 2.75) is 12.8 Å². The average molecular weight is 338 g/mol. The fourth-order valence-corrected chi connectivity index (χ4v) is 1.98. The summed E-state index contributed by atoms with van der Waals surface area (Å²) in [6, 6.07) is 3.11. The molecule has 2 N–H and O–H groups in total. The number of anilines is 1. The van der Waals surface area contributed by atoms with Gasteiger partial charge in [-0.15, -0.1) is 0 Å². The maximum Gasteiger partial charge on any atom is 0.261 e. The van der Waals surface area contributed by atoms with Crippen LogP contribution >= 0.6 is 23.2 Å². The summed E-state index contributed by atoms with van der Waals surface area (Å²) in [5, 5.41) is 4.34. The molecule has 0 aliphatic rings. The molecule has 0 aliphatic carbocycles. The molecule has 0 atom stereocenters. The van der Waals surface area contributed by atoms with Gasteiger partial charge >= 0.3 is 0 Å². The summed E-state index contributed by atoms with van der Waals surface area (Å²) in [7, 11) is 0. The minimum absolute atomic E-state index is 0.0576. The lowest BCUT2D eigenvalue weighted by molar-refractivity contribution is 0.0182. The number of nitrogens with zero attached hydrogens (tertiary/aromatic N) is 2. The van der Waals surface area contributed by atoms with Crippen LogP contribution in [-0.4, -0.2) is 29.8 Å². The van der Waals surface area contributed by atoms with Gasteiger partial charge in [0.25, 0.3) is 12.3 Å². The molecule has 0 fully saturated rings. The Balaban J connectivity index is 2.08. The summed E-state index contributed by atoms with van der Waals surface area (Å²) in [6.45, 7) is -0.570. The van der Waals surface area contributed by atoms with Gasteiger partial charge in [0.15, 0.2) is 5.82 Å². The molecule has 0 radical (unpaired) electrons. The van der Waals surface area contributed by atoms with E-state index in [4.69, 9.17) is 38.2 Å². The van der Waals surface area contributed by atoms with Gasteiger partial charge in [-0.25, -0.2) is 8.78 Å². The highest BCUT2D eigenvalue weighted by Crippen LogP contribution is 2.36. The number of nitrogens with two attached hydrogens (primary N) is 1. The van der Waals surface area contributed by atoms with Crippen LogP contribution in [0.4, 0.5) is 14.5 Å². The zero-order valence-corrected chi connectivity index (χ0v) is 12.2. The monoisotopic (exact) mass is 337 g/mol. The fourth-order valence-electron chi connectivity index (χ4n) is 1.58. The van der Waals surface area contributed by atoms with Gasteiger partial charge in [-0.2, -0.15) is 4.98 Å². The molecule has 2 rings (SSSR count). The molecule has 0 unspecified atom stereocenters. The fraction of sp³-hybridized carbons (Fsp3) is 0.333. The Labute approximate surface area is 129 Å². The van der Waals surface area contributed by atoms with Crippen molar-refractivity contribution in [1.29, 1.82) is 0 Å². The second-order valence-electron chi connectivity index (χ2n) is 4.05. The number of rotatable bonds is 6. The Morgan fingerprint density at radius 1 is 1.29 bits per heavy atom. The van der Waals surface area contributed by atoms with Crippen molar-refractivity contribution in [3.8, 4) is 11.5 Å². The molecule has 1 heterocycles. The van der Waals surface area contributed by atoms with Crippen LogP contribution < -0.4 is 5.73 Å². The maximum absolute atomic E-state index is 11.9. The van der Waals surface area contributed by atoms with Gasteiger partial charge in [0.05, 0.1) is 27.9 Å². The quantitative estimate of drug-likeness (QED) is 0.645. The number of nitrogen functional groups attached to an aromatic ring is 1. The molecule has 1 aromatic heterocycles. The van der Waals surface area contributed by atoms with Crippen LogP contribution in [-0.2, 0) is 11.2 Å². The van der Waals surface area contributed by atoms with Crippen molar-refractivity contribution < 1.29 is 18.0 Å². The second kappa shape index (κ2) is 7.02. The normalized spacial score (nSPS) is 11.3. The first-order valence-corrected chi connectivity index (χ1v) is 6.67. The van der Waals surface area contributed by atoms with Gasteiger partial charge in [0.1, 0.15) is 6.61 Å². The first-order chi connectivity index (χ1) is 9.99. The average Bonchev–Trinajstić information content (AvgIpc) is 2.88. The molecule has 21 heavy (non-hydrogen) atoms. The van der Waals surface area contributed by atoms with Crippen LogP contribution in [0.3, 0.4) is 0 Å². The summed E-state index contributed by atoms with van der Waals surface area (Å²) in [4.78, 5) is 4.09. The number of aromatic nitrogens is 2. The summed E-state index contributed by atoms with van der Waals surface area (Å²) in [5.74, 6) is 0.415. The third kappa shape index (κ3) is 4.03. The maximum atomic E-state index is 11.9. The minimum atomic E-state index is -2.50. The van der Waals surface area contributed by atoms with Crippen molar-refractivity contribution >= 4 is 28.9 Å². The van der Waals surface area contributed by atoms with Crippen molar-refractivity contribution in [3.63, 3.8) is 0 Å². The van der Waals surface area contributed by atoms with Crippen molar-refractivity contribution in [3.05, 3.63) is 28.0 Å². The Bertz CT molecular complexity index is 623. The molecule has 0 spiro atoms. The van der Waals surface area contributed by atoms with E-state index in [1.54, 1.807) is 12.1 Å². The highest BCUT2D eigenvalue weighted by Gasteiger charge is 2.17. The first kappa shape index (κ1) is 15.9. The summed E-state index contributed by atoms with van der Waals surface area (Å²) >= 11 is 11.9. The van der Waals surface area contributed by atoms with Crippen LogP contribution in [0.2, 0.25) is 10.0 Å². The smallest absolute Gasteiger partial charge is 0.261 e. The number of hydrogen-bond donors (Lipinski definition) is 1. The van der Waals surface area contributed by atoms with Gasteiger partial charge in [-0.05, 0) is 12.1 Å². The Morgan fingerprint density at radius 2 is 2.00 bits per heavy atom. The number of benzene rings is 1. The first-order valence-electron chi connectivity index (χ1n) is 5.91. The van der Waals surface area contributed by atoms with Gasteiger partial charge in [0, 0.05) is 6.42 Å². The van der Waals surface area contributed by atoms with Gasteiger partial charge in [-0.1, -0.05) is 28.4 Å². The molecule has 9 heteroatoms. The van der Waals surface area contributed by atoms with E-state index in [0.717, 1.165) is 0 Å². The number of hydrogen-bond acceptors (Lipinski definition) is 5. The SMILES string of the molecule is Nc1c(Cl)ccc(Cl)c1-c1nc(CCOCC(F)F)no1. The van der Waals surface area contributed by atoms with E-state index in [2.05, 4.69) is 10.1 Å². The third-order valence-electron chi connectivity index (χ3n) is 2.54. The van der Waals surface area contributed by atoms with Crippen molar-refractivity contribution in [2.24, 2.45) is 0 Å². The topological polar surface area (TPSA) is 74.2 Å². The predicted molar refractivity (Wildman–Crippen MR) is 74.7 cm³/mol. The summed E-state index contributed by atoms with van der Waals surface area (Å²) in [6.07, 6.45) is -2.27. The van der Waals surface area contributed by atoms with E-state index in [1.807, 2.05) is 0 Å².